The van der Waals surface area contributed by atoms with Crippen molar-refractivity contribution in [2.45, 2.75) is 25.4 Å². The summed E-state index contributed by atoms with van der Waals surface area (Å²) in [6.07, 6.45) is 6.90. The zero-order valence-electron chi connectivity index (χ0n) is 18.1. The Morgan fingerprint density at radius 3 is 2.64 bits per heavy atom. The summed E-state index contributed by atoms with van der Waals surface area (Å²) in [5.74, 6) is -0.436. The molecule has 1 fully saturated rings. The van der Waals surface area contributed by atoms with E-state index < -0.39 is 0 Å². The molecule has 33 heavy (non-hydrogen) atoms. The molecule has 0 saturated carbocycles. The molecule has 1 amide bonds. The maximum absolute atomic E-state index is 13.4. The van der Waals surface area contributed by atoms with Crippen molar-refractivity contribution in [3.8, 4) is 11.3 Å². The second-order valence-corrected chi connectivity index (χ2v) is 8.31. The van der Waals surface area contributed by atoms with Crippen LogP contribution in [0.5, 0.6) is 0 Å². The van der Waals surface area contributed by atoms with Crippen LogP contribution in [0.4, 0.5) is 4.39 Å². The minimum atomic E-state index is -0.309. The Morgan fingerprint density at radius 2 is 1.85 bits per heavy atom. The highest BCUT2D eigenvalue weighted by Gasteiger charge is 2.22. The number of benzene rings is 1. The van der Waals surface area contributed by atoms with Gasteiger partial charge in [0.2, 0.25) is 0 Å². The van der Waals surface area contributed by atoms with E-state index in [1.54, 1.807) is 36.7 Å². The summed E-state index contributed by atoms with van der Waals surface area (Å²) >= 11 is 0. The second-order valence-electron chi connectivity index (χ2n) is 8.31. The summed E-state index contributed by atoms with van der Waals surface area (Å²) < 4.78 is 13.4. The Hall–Kier alpha value is -3.71. The van der Waals surface area contributed by atoms with Crippen LogP contribution >= 0.6 is 0 Å². The van der Waals surface area contributed by atoms with Gasteiger partial charge in [0.25, 0.3) is 5.91 Å². The number of nitrogens with one attached hydrogen (secondary N) is 1. The van der Waals surface area contributed by atoms with Crippen molar-refractivity contribution < 1.29 is 9.18 Å². The summed E-state index contributed by atoms with van der Waals surface area (Å²) in [6, 6.07) is 15.9. The van der Waals surface area contributed by atoms with Crippen LogP contribution < -0.4 is 5.32 Å². The third-order valence-corrected chi connectivity index (χ3v) is 6.07. The van der Waals surface area contributed by atoms with E-state index >= 15 is 0 Å². The minimum Gasteiger partial charge on any atom is -0.349 e. The summed E-state index contributed by atoms with van der Waals surface area (Å²) in [5, 5.41) is 4.22. The molecule has 166 valence electrons. The van der Waals surface area contributed by atoms with Crippen LogP contribution in [0, 0.1) is 5.82 Å². The van der Waals surface area contributed by atoms with Crippen LogP contribution in [0.25, 0.3) is 22.3 Å². The number of fused-ring (bicyclic) bond motifs is 1. The normalized spacial score (nSPS) is 14.9. The molecule has 0 radical (unpaired) electrons. The summed E-state index contributed by atoms with van der Waals surface area (Å²) in [4.78, 5) is 28.1. The molecule has 1 aromatic carbocycles. The van der Waals surface area contributed by atoms with Gasteiger partial charge < -0.3 is 5.32 Å². The van der Waals surface area contributed by atoms with Gasteiger partial charge in [0, 0.05) is 55.2 Å². The van der Waals surface area contributed by atoms with E-state index in [4.69, 9.17) is 0 Å². The van der Waals surface area contributed by atoms with E-state index in [1.807, 2.05) is 12.3 Å². The lowest BCUT2D eigenvalue weighted by molar-refractivity contribution is 0.0908. The van der Waals surface area contributed by atoms with Gasteiger partial charge in [-0.3, -0.25) is 14.7 Å². The number of carbonyl (C=O) groups is 1. The zero-order valence-corrected chi connectivity index (χ0v) is 18.1. The van der Waals surface area contributed by atoms with E-state index in [2.05, 4.69) is 37.3 Å². The lowest BCUT2D eigenvalue weighted by Crippen LogP contribution is -2.44. The number of pyridine rings is 3. The van der Waals surface area contributed by atoms with E-state index in [-0.39, 0.29) is 17.8 Å². The van der Waals surface area contributed by atoms with E-state index in [1.165, 1.54) is 17.7 Å². The molecule has 1 aliphatic heterocycles. The van der Waals surface area contributed by atoms with Crippen molar-refractivity contribution in [3.05, 3.63) is 90.1 Å². The fourth-order valence-electron chi connectivity index (χ4n) is 4.27. The molecule has 1 N–H and O–H groups in total. The van der Waals surface area contributed by atoms with E-state index in [0.29, 0.717) is 16.8 Å². The van der Waals surface area contributed by atoms with Gasteiger partial charge in [0.1, 0.15) is 5.82 Å². The maximum atomic E-state index is 13.4. The number of nitrogens with zero attached hydrogens (tertiary/aromatic N) is 4. The van der Waals surface area contributed by atoms with Crippen LogP contribution in [-0.4, -0.2) is 44.9 Å². The number of hydrogen-bond donors (Lipinski definition) is 1. The Morgan fingerprint density at radius 1 is 1.00 bits per heavy atom. The number of likely N-dealkylation sites (tertiary alicyclic amines) is 1. The number of hydrogen-bond acceptors (Lipinski definition) is 5. The van der Waals surface area contributed by atoms with Crippen molar-refractivity contribution >= 4 is 16.9 Å². The van der Waals surface area contributed by atoms with Crippen molar-refractivity contribution in [2.24, 2.45) is 0 Å². The third kappa shape index (κ3) is 4.88. The molecule has 1 saturated heterocycles. The number of amides is 1. The van der Waals surface area contributed by atoms with Gasteiger partial charge in [-0.2, -0.15) is 0 Å². The van der Waals surface area contributed by atoms with E-state index in [0.717, 1.165) is 43.5 Å². The van der Waals surface area contributed by atoms with Gasteiger partial charge in [-0.05, 0) is 60.9 Å². The highest BCUT2D eigenvalue weighted by Crippen LogP contribution is 2.20. The Kier molecular flexibility index (Phi) is 6.04. The molecule has 0 atom stereocenters. The first-order valence-electron chi connectivity index (χ1n) is 11.1. The van der Waals surface area contributed by atoms with Gasteiger partial charge in [-0.15, -0.1) is 0 Å². The largest absolute Gasteiger partial charge is 0.349 e. The quantitative estimate of drug-likeness (QED) is 0.502. The smallest absolute Gasteiger partial charge is 0.253 e. The van der Waals surface area contributed by atoms with Crippen molar-refractivity contribution in [1.29, 1.82) is 0 Å². The predicted molar refractivity (Wildman–Crippen MR) is 125 cm³/mol. The number of rotatable bonds is 5. The zero-order chi connectivity index (χ0) is 22.6. The molecule has 0 spiro atoms. The van der Waals surface area contributed by atoms with Crippen LogP contribution in [0.2, 0.25) is 0 Å². The van der Waals surface area contributed by atoms with E-state index in [9.17, 15) is 9.18 Å². The van der Waals surface area contributed by atoms with Gasteiger partial charge in [0.05, 0.1) is 11.3 Å². The average molecular weight is 442 g/mol. The fourth-order valence-corrected chi connectivity index (χ4v) is 4.27. The van der Waals surface area contributed by atoms with Crippen molar-refractivity contribution in [3.63, 3.8) is 0 Å². The van der Waals surface area contributed by atoms with Crippen LogP contribution in [0.15, 0.2) is 73.2 Å². The molecule has 3 aromatic heterocycles. The summed E-state index contributed by atoms with van der Waals surface area (Å²) in [6.45, 7) is 2.66. The number of aromatic nitrogens is 3. The van der Waals surface area contributed by atoms with Crippen LogP contribution in [-0.2, 0) is 6.54 Å². The second kappa shape index (κ2) is 9.42. The molecule has 5 rings (SSSR count). The molecular weight excluding hydrogens is 417 g/mol. The molecular formula is C26H24FN5O. The first-order valence-corrected chi connectivity index (χ1v) is 11.1. The highest BCUT2D eigenvalue weighted by molar-refractivity contribution is 5.94. The number of carbonyl (C=O) groups excluding carboxylic acids is 1. The number of halogens is 1. The Bertz CT molecular complexity index is 1260. The first kappa shape index (κ1) is 21.2. The van der Waals surface area contributed by atoms with Crippen molar-refractivity contribution in [1.82, 2.24) is 25.2 Å². The molecule has 1 aliphatic rings. The standard InChI is InChI=1S/C26H24FN5O/c27-21-4-1-3-18(15-21)24-7-6-19(16-30-24)26(33)31-22-9-13-32(14-10-22)17-20-8-12-29-25-23(20)5-2-11-28-25/h1-8,11-12,15-16,22H,9-10,13-14,17H2,(H,31,33). The monoisotopic (exact) mass is 441 g/mol. The Balaban J connectivity index is 1.16. The molecule has 6 nitrogen and oxygen atoms in total. The number of piperidine rings is 1. The van der Waals surface area contributed by atoms with Gasteiger partial charge >= 0.3 is 0 Å². The van der Waals surface area contributed by atoms with Gasteiger partial charge in [-0.1, -0.05) is 12.1 Å². The first-order chi connectivity index (χ1) is 16.2. The molecule has 7 heteroatoms. The SMILES string of the molecule is O=C(NC1CCN(Cc2ccnc3ncccc23)CC1)c1ccc(-c2cccc(F)c2)nc1. The molecule has 4 aromatic rings. The molecule has 0 bridgehead atoms. The van der Waals surface area contributed by atoms with Crippen molar-refractivity contribution in [2.75, 3.05) is 13.1 Å². The predicted octanol–water partition coefficient (Wildman–Crippen LogP) is 4.23. The summed E-state index contributed by atoms with van der Waals surface area (Å²) in [7, 11) is 0. The maximum Gasteiger partial charge on any atom is 0.253 e. The molecule has 0 unspecified atom stereocenters. The minimum absolute atomic E-state index is 0.127. The topological polar surface area (TPSA) is 71.0 Å². The lowest BCUT2D eigenvalue weighted by Gasteiger charge is -2.32. The third-order valence-electron chi connectivity index (χ3n) is 6.07. The summed E-state index contributed by atoms with van der Waals surface area (Å²) in [5.41, 5.74) is 3.83. The lowest BCUT2D eigenvalue weighted by atomic mass is 10.0. The van der Waals surface area contributed by atoms with Crippen LogP contribution in [0.3, 0.4) is 0 Å². The fraction of sp³-hybridized carbons (Fsp3) is 0.231. The highest BCUT2D eigenvalue weighted by atomic mass is 19.1. The van der Waals surface area contributed by atoms with Gasteiger partial charge in [-0.25, -0.2) is 14.4 Å². The Labute approximate surface area is 191 Å². The average Bonchev–Trinajstić information content (AvgIpc) is 2.85. The van der Waals surface area contributed by atoms with Gasteiger partial charge in [0.15, 0.2) is 5.65 Å². The molecule has 4 heterocycles. The van der Waals surface area contributed by atoms with Crippen LogP contribution in [0.1, 0.15) is 28.8 Å². The molecule has 0 aliphatic carbocycles.